The number of carbonyl (C=O) groups is 3. The van der Waals surface area contributed by atoms with Gasteiger partial charge in [-0.05, 0) is 123 Å². The highest BCUT2D eigenvalue weighted by Gasteiger charge is 2.70. The predicted octanol–water partition coefficient (Wildman–Crippen LogP) is 7.47. The Morgan fingerprint density at radius 2 is 1.67 bits per heavy atom. The van der Waals surface area contributed by atoms with Crippen LogP contribution in [-0.2, 0) is 19.1 Å². The number of carboxylic acid groups (broad SMARTS) is 1. The number of fused-ring (bicyclic) bond motifs is 7. The van der Waals surface area contributed by atoms with Crippen molar-refractivity contribution < 1.29 is 29.0 Å². The lowest BCUT2D eigenvalue weighted by Gasteiger charge is -2.70. The minimum Gasteiger partial charge on any atom is -0.481 e. The average molecular weight is 602 g/mol. The van der Waals surface area contributed by atoms with Gasteiger partial charge >= 0.3 is 12.1 Å². The van der Waals surface area contributed by atoms with E-state index in [-0.39, 0.29) is 68.5 Å². The Bertz CT molecular complexity index is 1230. The molecule has 1 amide bonds. The lowest BCUT2D eigenvalue weighted by molar-refractivity contribution is -0.200. The van der Waals surface area contributed by atoms with Crippen molar-refractivity contribution in [2.24, 2.45) is 50.2 Å². The highest BCUT2D eigenvalue weighted by atomic mass is 32.1. The van der Waals surface area contributed by atoms with Crippen LogP contribution in [-0.4, -0.2) is 40.8 Å². The number of hydrogen-bond donors (Lipinski definition) is 2. The fourth-order valence-corrected chi connectivity index (χ4v) is 11.2. The van der Waals surface area contributed by atoms with Crippen LogP contribution in [0.5, 0.6) is 0 Å². The van der Waals surface area contributed by atoms with Gasteiger partial charge in [0.25, 0.3) is 5.17 Å². The Morgan fingerprint density at radius 1 is 1.00 bits per heavy atom. The minimum atomic E-state index is -0.751. The maximum atomic E-state index is 14.5. The van der Waals surface area contributed by atoms with Gasteiger partial charge in [0.1, 0.15) is 6.10 Å². The number of nitrogens with one attached hydrogen (secondary N) is 1. The highest BCUT2D eigenvalue weighted by molar-refractivity contribution is 7.80. The van der Waals surface area contributed by atoms with Crippen LogP contribution >= 0.6 is 12.2 Å². The number of ketones is 1. The summed E-state index contributed by atoms with van der Waals surface area (Å²) in [6, 6.07) is 0. The van der Waals surface area contributed by atoms with Gasteiger partial charge in [0.05, 0.1) is 12.0 Å². The first-order chi connectivity index (χ1) is 19.4. The first kappa shape index (κ1) is 31.5. The van der Waals surface area contributed by atoms with Gasteiger partial charge in [-0.1, -0.05) is 47.1 Å². The van der Waals surface area contributed by atoms with E-state index in [0.29, 0.717) is 12.8 Å². The summed E-state index contributed by atoms with van der Waals surface area (Å²) in [5.74, 6) is -0.227. The lowest BCUT2D eigenvalue weighted by atomic mass is 9.33. The molecule has 0 aliphatic heterocycles. The molecule has 9 atom stereocenters. The van der Waals surface area contributed by atoms with E-state index in [4.69, 9.17) is 21.7 Å². The maximum absolute atomic E-state index is 14.5. The number of alkyl carbamates (subject to hydrolysis) is 1. The molecule has 2 N–H and O–H groups in total. The largest absolute Gasteiger partial charge is 0.481 e. The first-order valence-electron chi connectivity index (χ1n) is 16.0. The molecule has 5 aliphatic rings. The van der Waals surface area contributed by atoms with Crippen molar-refractivity contribution in [3.63, 3.8) is 0 Å². The van der Waals surface area contributed by atoms with Crippen molar-refractivity contribution in [1.29, 1.82) is 0 Å². The average Bonchev–Trinajstić information content (AvgIpc) is 2.88. The molecule has 0 heterocycles. The molecule has 5 rings (SSSR count). The molecule has 5 aliphatic carbocycles. The Labute approximate surface area is 256 Å². The molecule has 234 valence electrons. The quantitative estimate of drug-likeness (QED) is 0.324. The molecule has 0 unspecified atom stereocenters. The molecule has 4 fully saturated rings. The zero-order valence-electron chi connectivity index (χ0n) is 26.9. The standard InChI is InChI=1S/C34H51NO6S/c1-9-40-27(39)35-28(42)41-24-11-12-32(6)23(29(24,2)3)10-13-34(8)25(32)22(36)18-20-21-19-31(5,26(37)38)15-14-30(21,4)16-17-33(20,34)7/h18,21,23-25H,9-17,19H2,1-8H3,(H,37,38)(H,35,39,42)/t21-,23-,24-,25+,30+,31-,32-,33+,34+/m0/s1. The van der Waals surface area contributed by atoms with Crippen LogP contribution in [0.4, 0.5) is 4.79 Å². The molecule has 8 heteroatoms. The Kier molecular flexibility index (Phi) is 7.52. The first-order valence-corrected chi connectivity index (χ1v) is 16.4. The third-order valence-electron chi connectivity index (χ3n) is 13.8. The molecule has 0 radical (unpaired) electrons. The summed E-state index contributed by atoms with van der Waals surface area (Å²) in [6.07, 6.45) is 9.05. The molecule has 0 bridgehead atoms. The van der Waals surface area contributed by atoms with E-state index in [9.17, 15) is 19.5 Å². The van der Waals surface area contributed by atoms with Gasteiger partial charge < -0.3 is 14.6 Å². The van der Waals surface area contributed by atoms with Crippen LogP contribution in [0, 0.1) is 50.2 Å². The highest BCUT2D eigenvalue weighted by Crippen LogP contribution is 2.75. The van der Waals surface area contributed by atoms with E-state index < -0.39 is 17.5 Å². The van der Waals surface area contributed by atoms with Gasteiger partial charge in [-0.3, -0.25) is 14.9 Å². The second kappa shape index (κ2) is 10.0. The topological polar surface area (TPSA) is 102 Å². The third kappa shape index (κ3) is 4.39. The zero-order chi connectivity index (χ0) is 31.1. The van der Waals surface area contributed by atoms with Crippen LogP contribution < -0.4 is 5.32 Å². The smallest absolute Gasteiger partial charge is 0.414 e. The lowest BCUT2D eigenvalue weighted by Crippen LogP contribution is -2.67. The van der Waals surface area contributed by atoms with E-state index in [1.54, 1.807) is 6.92 Å². The number of carbonyl (C=O) groups excluding carboxylic acids is 2. The molecule has 0 saturated heterocycles. The molecule has 7 nitrogen and oxygen atoms in total. The molecule has 0 spiro atoms. The summed E-state index contributed by atoms with van der Waals surface area (Å²) in [7, 11) is 0. The third-order valence-corrected chi connectivity index (χ3v) is 14.0. The molecular formula is C34H51NO6S. The summed E-state index contributed by atoms with van der Waals surface area (Å²) in [4.78, 5) is 38.8. The molecule has 0 aromatic carbocycles. The number of ether oxygens (including phenoxy) is 2. The number of carboxylic acids is 1. The van der Waals surface area contributed by atoms with Crippen LogP contribution in [0.3, 0.4) is 0 Å². The second-order valence-electron chi connectivity index (χ2n) is 16.2. The van der Waals surface area contributed by atoms with Crippen LogP contribution in [0.25, 0.3) is 0 Å². The van der Waals surface area contributed by atoms with Gasteiger partial charge in [-0.2, -0.15) is 0 Å². The summed E-state index contributed by atoms with van der Waals surface area (Å²) >= 11 is 5.36. The molecule has 4 saturated carbocycles. The normalized spacial score (nSPS) is 45.6. The maximum Gasteiger partial charge on any atom is 0.414 e. The van der Waals surface area contributed by atoms with Crippen molar-refractivity contribution in [3.8, 4) is 0 Å². The molecule has 42 heavy (non-hydrogen) atoms. The van der Waals surface area contributed by atoms with E-state index in [1.165, 1.54) is 5.57 Å². The summed E-state index contributed by atoms with van der Waals surface area (Å²) in [5, 5.41) is 12.7. The minimum absolute atomic E-state index is 0.0377. The van der Waals surface area contributed by atoms with Crippen LogP contribution in [0.15, 0.2) is 11.6 Å². The molecule has 0 aromatic rings. The van der Waals surface area contributed by atoms with E-state index >= 15 is 0 Å². The number of thiocarbonyl (C=S) groups is 1. The monoisotopic (exact) mass is 601 g/mol. The van der Waals surface area contributed by atoms with Gasteiger partial charge in [0.2, 0.25) is 0 Å². The Morgan fingerprint density at radius 3 is 2.31 bits per heavy atom. The Balaban J connectivity index is 1.47. The SMILES string of the molecule is CCOC(=O)NC(=S)O[C@H]1CC[C@]2(C)[C@H]3C(=O)C=C4[C@@H]5C[C@@](C)(C(=O)O)CC[C@]5(C)CC[C@@]4(C)[C@]3(C)CC[C@H]2C1(C)C. The summed E-state index contributed by atoms with van der Waals surface area (Å²) in [6.45, 7) is 17.8. The number of aliphatic carboxylic acids is 1. The van der Waals surface area contributed by atoms with Gasteiger partial charge in [0.15, 0.2) is 5.78 Å². The van der Waals surface area contributed by atoms with Crippen LogP contribution in [0.2, 0.25) is 0 Å². The predicted molar refractivity (Wildman–Crippen MR) is 165 cm³/mol. The van der Waals surface area contributed by atoms with Crippen molar-refractivity contribution >= 4 is 35.2 Å². The summed E-state index contributed by atoms with van der Waals surface area (Å²) in [5.41, 5.74) is -0.307. The fraction of sp³-hybridized carbons (Fsp3) is 0.824. The number of allylic oxidation sites excluding steroid dienone is 2. The summed E-state index contributed by atoms with van der Waals surface area (Å²) < 4.78 is 11.2. The van der Waals surface area contributed by atoms with Crippen molar-refractivity contribution in [3.05, 3.63) is 11.6 Å². The number of hydrogen-bond acceptors (Lipinski definition) is 6. The fourth-order valence-electron chi connectivity index (χ4n) is 11.0. The second-order valence-corrected chi connectivity index (χ2v) is 16.5. The van der Waals surface area contributed by atoms with E-state index in [2.05, 4.69) is 46.9 Å². The Hall–Kier alpha value is -1.96. The van der Waals surface area contributed by atoms with Gasteiger partial charge in [0, 0.05) is 11.3 Å². The van der Waals surface area contributed by atoms with E-state index in [0.717, 1.165) is 44.9 Å². The van der Waals surface area contributed by atoms with Crippen LogP contribution in [0.1, 0.15) is 113 Å². The van der Waals surface area contributed by atoms with Crippen molar-refractivity contribution in [2.45, 2.75) is 119 Å². The van der Waals surface area contributed by atoms with Gasteiger partial charge in [-0.15, -0.1) is 0 Å². The number of rotatable bonds is 3. The zero-order valence-corrected chi connectivity index (χ0v) is 27.7. The van der Waals surface area contributed by atoms with E-state index in [1.807, 2.05) is 13.0 Å². The van der Waals surface area contributed by atoms with Crippen molar-refractivity contribution in [2.75, 3.05) is 6.61 Å². The molecule has 0 aromatic heterocycles. The van der Waals surface area contributed by atoms with Gasteiger partial charge in [-0.25, -0.2) is 4.79 Å². The van der Waals surface area contributed by atoms with Crippen molar-refractivity contribution in [1.82, 2.24) is 5.32 Å². The number of amides is 1. The molecular weight excluding hydrogens is 550 g/mol.